The van der Waals surface area contributed by atoms with Crippen molar-refractivity contribution in [3.05, 3.63) is 89.0 Å². The molecule has 4 rings (SSSR count). The summed E-state index contributed by atoms with van der Waals surface area (Å²) >= 11 is 4.41. The molecule has 0 aliphatic carbocycles. The van der Waals surface area contributed by atoms with Crippen molar-refractivity contribution in [1.82, 2.24) is 4.57 Å². The molecule has 0 fully saturated rings. The van der Waals surface area contributed by atoms with Crippen LogP contribution in [0.5, 0.6) is 11.5 Å². The first-order chi connectivity index (χ1) is 18.6. The highest BCUT2D eigenvalue weighted by Crippen LogP contribution is 2.38. The number of carbonyl (C=O) groups is 1. The summed E-state index contributed by atoms with van der Waals surface area (Å²) in [5, 5.41) is 0. The molecule has 206 valence electrons. The minimum Gasteiger partial charge on any atom is -0.490 e. The molecule has 2 aromatic carbocycles. The van der Waals surface area contributed by atoms with Crippen molar-refractivity contribution in [1.29, 1.82) is 0 Å². The molecule has 3 aromatic rings. The molecule has 12 heteroatoms. The number of hydrogen-bond donors (Lipinski definition) is 0. The molecule has 0 saturated heterocycles. The predicted octanol–water partition coefficient (Wildman–Crippen LogP) is 4.90. The van der Waals surface area contributed by atoms with E-state index in [0.717, 1.165) is 16.9 Å². The number of hydrogen-bond acceptors (Lipinski definition) is 7. The van der Waals surface area contributed by atoms with Crippen LogP contribution < -0.4 is 24.4 Å². The Kier molecular flexibility index (Phi) is 8.65. The van der Waals surface area contributed by atoms with Gasteiger partial charge in [-0.15, -0.1) is 0 Å². The van der Waals surface area contributed by atoms with Gasteiger partial charge in [0.1, 0.15) is 0 Å². The highest BCUT2D eigenvalue weighted by atomic mass is 79.9. The fourth-order valence-electron chi connectivity index (χ4n) is 4.19. The number of nitrogens with zero attached hydrogens (tertiary/aromatic N) is 2. The van der Waals surface area contributed by atoms with E-state index >= 15 is 0 Å². The lowest BCUT2D eigenvalue weighted by molar-refractivity contribution is -0.153. The fourth-order valence-corrected chi connectivity index (χ4v) is 5.79. The molecule has 1 aliphatic heterocycles. The third kappa shape index (κ3) is 6.11. The molecular weight excluding hydrogens is 601 g/mol. The summed E-state index contributed by atoms with van der Waals surface area (Å²) in [6.07, 6.45) is -2.48. The van der Waals surface area contributed by atoms with Crippen LogP contribution in [0.25, 0.3) is 6.08 Å². The van der Waals surface area contributed by atoms with Crippen LogP contribution in [0.15, 0.2) is 68.0 Å². The van der Waals surface area contributed by atoms with Gasteiger partial charge >= 0.3 is 12.1 Å². The maximum atomic E-state index is 13.7. The van der Waals surface area contributed by atoms with Crippen LogP contribution in [0.4, 0.5) is 13.2 Å². The third-order valence-electron chi connectivity index (χ3n) is 5.78. The van der Waals surface area contributed by atoms with E-state index in [1.807, 2.05) is 37.3 Å². The maximum Gasteiger partial charge on any atom is 0.422 e. The van der Waals surface area contributed by atoms with Crippen molar-refractivity contribution >= 4 is 39.3 Å². The molecule has 7 nitrogen and oxygen atoms in total. The first-order valence-electron chi connectivity index (χ1n) is 11.9. The summed E-state index contributed by atoms with van der Waals surface area (Å²) in [7, 11) is 1.28. The molecule has 2 heterocycles. The second kappa shape index (κ2) is 11.8. The minimum atomic E-state index is -4.52. The van der Waals surface area contributed by atoms with Gasteiger partial charge in [-0.2, -0.15) is 13.2 Å². The lowest BCUT2D eigenvalue weighted by Gasteiger charge is -2.25. The van der Waals surface area contributed by atoms with Crippen LogP contribution in [-0.2, 0) is 9.53 Å². The van der Waals surface area contributed by atoms with Crippen LogP contribution in [-0.4, -0.2) is 37.0 Å². The number of fused-ring (bicyclic) bond motifs is 1. The van der Waals surface area contributed by atoms with Gasteiger partial charge in [0.05, 0.1) is 40.0 Å². The summed E-state index contributed by atoms with van der Waals surface area (Å²) in [6, 6.07) is 11.4. The molecule has 0 amide bonds. The van der Waals surface area contributed by atoms with Crippen LogP contribution in [0.2, 0.25) is 0 Å². The van der Waals surface area contributed by atoms with Crippen molar-refractivity contribution in [3.63, 3.8) is 0 Å². The first-order valence-corrected chi connectivity index (χ1v) is 13.5. The molecule has 0 saturated carbocycles. The second-order valence-electron chi connectivity index (χ2n) is 8.37. The number of halogens is 4. The van der Waals surface area contributed by atoms with Gasteiger partial charge in [-0.05, 0) is 58.6 Å². The Bertz CT molecular complexity index is 1600. The molecule has 0 N–H and O–H groups in total. The Morgan fingerprint density at radius 2 is 1.90 bits per heavy atom. The molecule has 0 bridgehead atoms. The van der Waals surface area contributed by atoms with Gasteiger partial charge in [0.25, 0.3) is 5.56 Å². The molecule has 1 atom stereocenters. The van der Waals surface area contributed by atoms with Gasteiger partial charge in [0, 0.05) is 0 Å². The van der Waals surface area contributed by atoms with E-state index < -0.39 is 24.8 Å². The van der Waals surface area contributed by atoms with Crippen LogP contribution >= 0.6 is 27.3 Å². The van der Waals surface area contributed by atoms with Gasteiger partial charge < -0.3 is 14.2 Å². The number of carbonyl (C=O) groups excluding carboxylic acids is 1. The van der Waals surface area contributed by atoms with E-state index in [1.165, 1.54) is 17.7 Å². The minimum absolute atomic E-state index is 0.0906. The fraction of sp³-hybridized carbons (Fsp3) is 0.296. The SMILES string of the molecule is CCOc1cc(/C=c2\sc3n(c2=O)[C@H](c2ccccc2)C(C(=O)OC)=C(CC)N=3)cc(Br)c1OCC(F)(F)F. The summed E-state index contributed by atoms with van der Waals surface area (Å²) < 4.78 is 55.9. The van der Waals surface area contributed by atoms with Crippen molar-refractivity contribution in [3.8, 4) is 11.5 Å². The topological polar surface area (TPSA) is 79.1 Å². The van der Waals surface area contributed by atoms with Gasteiger partial charge in [-0.1, -0.05) is 48.6 Å². The summed E-state index contributed by atoms with van der Waals surface area (Å²) in [6.45, 7) is 2.27. The third-order valence-corrected chi connectivity index (χ3v) is 7.35. The Hall–Kier alpha value is -3.38. The normalized spacial score (nSPS) is 15.6. The molecule has 0 spiro atoms. The van der Waals surface area contributed by atoms with Crippen molar-refractivity contribution in [2.75, 3.05) is 20.3 Å². The second-order valence-corrected chi connectivity index (χ2v) is 10.2. The van der Waals surface area contributed by atoms with Crippen LogP contribution in [0.3, 0.4) is 0 Å². The molecule has 0 unspecified atom stereocenters. The van der Waals surface area contributed by atoms with Gasteiger partial charge in [0.2, 0.25) is 0 Å². The Balaban J connectivity index is 1.88. The highest BCUT2D eigenvalue weighted by molar-refractivity contribution is 9.10. The number of benzene rings is 2. The number of allylic oxidation sites excluding steroid dienone is 1. The Labute approximate surface area is 234 Å². The van der Waals surface area contributed by atoms with E-state index in [1.54, 1.807) is 19.1 Å². The smallest absolute Gasteiger partial charge is 0.422 e. The van der Waals surface area contributed by atoms with E-state index in [4.69, 9.17) is 14.2 Å². The Morgan fingerprint density at radius 1 is 1.18 bits per heavy atom. The van der Waals surface area contributed by atoms with E-state index in [9.17, 15) is 22.8 Å². The Morgan fingerprint density at radius 3 is 2.51 bits per heavy atom. The van der Waals surface area contributed by atoms with Crippen LogP contribution in [0, 0.1) is 0 Å². The lowest BCUT2D eigenvalue weighted by atomic mass is 9.95. The molecule has 1 aliphatic rings. The molecule has 0 radical (unpaired) electrons. The van der Waals surface area contributed by atoms with Gasteiger partial charge in [-0.3, -0.25) is 9.36 Å². The zero-order valence-electron chi connectivity index (χ0n) is 21.2. The van der Waals surface area contributed by atoms with Crippen molar-refractivity contribution < 1.29 is 32.2 Å². The average Bonchev–Trinajstić information content (AvgIpc) is 3.21. The van der Waals surface area contributed by atoms with Crippen molar-refractivity contribution in [2.24, 2.45) is 4.99 Å². The number of methoxy groups -OCH3 is 1. The number of thiazole rings is 1. The number of alkyl halides is 3. The van der Waals surface area contributed by atoms with E-state index in [0.29, 0.717) is 27.0 Å². The number of aromatic nitrogens is 1. The average molecular weight is 625 g/mol. The molecule has 39 heavy (non-hydrogen) atoms. The zero-order chi connectivity index (χ0) is 28.3. The van der Waals surface area contributed by atoms with E-state index in [-0.39, 0.29) is 33.7 Å². The molecular formula is C27H24BrF3N2O5S. The highest BCUT2D eigenvalue weighted by Gasteiger charge is 2.34. The zero-order valence-corrected chi connectivity index (χ0v) is 23.6. The largest absolute Gasteiger partial charge is 0.490 e. The lowest BCUT2D eigenvalue weighted by Crippen LogP contribution is -2.40. The predicted molar refractivity (Wildman–Crippen MR) is 144 cm³/mol. The standard InChI is InChI=1S/C27H24BrF3N2O5S/c1-4-18-21(25(35)36-3)22(16-9-7-6-8-10-16)33-24(34)20(39-26(33)32-18)13-15-11-17(28)23(19(12-15)37-5-2)38-14-27(29,30)31/h6-13,22H,4-5,14H2,1-3H3/b20-13-/t22-/m1/s1. The summed E-state index contributed by atoms with van der Waals surface area (Å²) in [5.41, 5.74) is 1.65. The monoisotopic (exact) mass is 624 g/mol. The van der Waals surface area contributed by atoms with Crippen molar-refractivity contribution in [2.45, 2.75) is 32.5 Å². The maximum absolute atomic E-state index is 13.7. The van der Waals surface area contributed by atoms with E-state index in [2.05, 4.69) is 20.9 Å². The first kappa shape index (κ1) is 28.6. The number of rotatable bonds is 8. The molecule has 1 aromatic heterocycles. The van der Waals surface area contributed by atoms with Gasteiger partial charge in [-0.25, -0.2) is 9.79 Å². The summed E-state index contributed by atoms with van der Waals surface area (Å²) in [4.78, 5) is 31.6. The number of ether oxygens (including phenoxy) is 3. The quantitative estimate of drug-likeness (QED) is 0.333. The van der Waals surface area contributed by atoms with Gasteiger partial charge in [0.15, 0.2) is 22.9 Å². The summed E-state index contributed by atoms with van der Waals surface area (Å²) in [5.74, 6) is -0.566. The number of esters is 1. The van der Waals surface area contributed by atoms with Crippen LogP contribution in [0.1, 0.15) is 37.4 Å².